The van der Waals surface area contributed by atoms with E-state index in [2.05, 4.69) is 41.8 Å². The second-order valence-corrected chi connectivity index (χ2v) is 8.40. The molecule has 1 saturated heterocycles. The van der Waals surface area contributed by atoms with E-state index in [9.17, 15) is 0 Å². The van der Waals surface area contributed by atoms with Crippen molar-refractivity contribution in [1.82, 2.24) is 9.80 Å². The molecule has 152 valence electrons. The van der Waals surface area contributed by atoms with Crippen LogP contribution >= 0.6 is 0 Å². The first kappa shape index (κ1) is 20.6. The van der Waals surface area contributed by atoms with Crippen LogP contribution < -0.4 is 4.74 Å². The van der Waals surface area contributed by atoms with Crippen LogP contribution in [0.3, 0.4) is 0 Å². The molecular weight excluding hydrogens is 336 g/mol. The van der Waals surface area contributed by atoms with E-state index in [1.807, 2.05) is 7.11 Å². The fraction of sp³-hybridized carbons (Fsp3) is 0.739. The van der Waals surface area contributed by atoms with Crippen LogP contribution in [0.15, 0.2) is 18.2 Å². The lowest BCUT2D eigenvalue weighted by atomic mass is 9.76. The second-order valence-electron chi connectivity index (χ2n) is 8.40. The van der Waals surface area contributed by atoms with Crippen molar-refractivity contribution >= 4 is 0 Å². The van der Waals surface area contributed by atoms with E-state index in [-0.39, 0.29) is 0 Å². The van der Waals surface area contributed by atoms with Gasteiger partial charge in [-0.05, 0) is 63.0 Å². The molecule has 1 aromatic rings. The van der Waals surface area contributed by atoms with Crippen molar-refractivity contribution in [2.75, 3.05) is 40.4 Å². The van der Waals surface area contributed by atoms with Gasteiger partial charge in [0.2, 0.25) is 0 Å². The predicted molar refractivity (Wildman–Crippen MR) is 111 cm³/mol. The standard InChI is InChI=1S/C23H38N2O2/c1-5-24(6-2)17-20-15-19(10-11-21(20)26-3)16-25-14-8-13-23(18-25)12-7-9-22(23)27-4/h10-11,15,22H,5-9,12-14,16-18H2,1-4H3/t22-,23-/m1/s1. The molecule has 1 spiro atoms. The molecule has 0 radical (unpaired) electrons. The maximum Gasteiger partial charge on any atom is 0.123 e. The number of likely N-dealkylation sites (tertiary alicyclic amines) is 1. The van der Waals surface area contributed by atoms with E-state index in [0.717, 1.165) is 31.9 Å². The quantitative estimate of drug-likeness (QED) is 0.677. The molecule has 1 aliphatic heterocycles. The molecule has 0 bridgehead atoms. The molecule has 1 saturated carbocycles. The van der Waals surface area contributed by atoms with Crippen molar-refractivity contribution in [2.24, 2.45) is 5.41 Å². The van der Waals surface area contributed by atoms with Crippen molar-refractivity contribution < 1.29 is 9.47 Å². The predicted octanol–water partition coefficient (Wildman–Crippen LogP) is 4.32. The normalized spacial score (nSPS) is 26.2. The Morgan fingerprint density at radius 2 is 1.93 bits per heavy atom. The molecule has 4 heteroatoms. The van der Waals surface area contributed by atoms with Crippen LogP contribution in [0.25, 0.3) is 0 Å². The lowest BCUT2D eigenvalue weighted by Gasteiger charge is -2.43. The lowest BCUT2D eigenvalue weighted by molar-refractivity contribution is -0.0366. The average Bonchev–Trinajstić information content (AvgIpc) is 3.07. The van der Waals surface area contributed by atoms with Gasteiger partial charge in [0.05, 0.1) is 13.2 Å². The van der Waals surface area contributed by atoms with E-state index in [4.69, 9.17) is 9.47 Å². The number of hydrogen-bond acceptors (Lipinski definition) is 4. The third kappa shape index (κ3) is 4.67. The average molecular weight is 375 g/mol. The molecule has 27 heavy (non-hydrogen) atoms. The first-order valence-corrected chi connectivity index (χ1v) is 10.8. The molecule has 0 N–H and O–H groups in total. The molecule has 2 atom stereocenters. The summed E-state index contributed by atoms with van der Waals surface area (Å²) in [5, 5.41) is 0. The third-order valence-electron chi connectivity index (χ3n) is 6.84. The van der Waals surface area contributed by atoms with Gasteiger partial charge in [0.1, 0.15) is 5.75 Å². The summed E-state index contributed by atoms with van der Waals surface area (Å²) in [5.41, 5.74) is 3.10. The van der Waals surface area contributed by atoms with E-state index in [0.29, 0.717) is 11.5 Å². The Labute approximate surface area is 165 Å². The van der Waals surface area contributed by atoms with Crippen LogP contribution in [-0.2, 0) is 17.8 Å². The van der Waals surface area contributed by atoms with Gasteiger partial charge in [-0.3, -0.25) is 9.80 Å². The van der Waals surface area contributed by atoms with Gasteiger partial charge >= 0.3 is 0 Å². The highest BCUT2D eigenvalue weighted by atomic mass is 16.5. The Morgan fingerprint density at radius 1 is 1.15 bits per heavy atom. The van der Waals surface area contributed by atoms with Crippen LogP contribution in [-0.4, -0.2) is 56.3 Å². The zero-order valence-electron chi connectivity index (χ0n) is 17.8. The second kappa shape index (κ2) is 9.40. The molecular formula is C23H38N2O2. The number of methoxy groups -OCH3 is 2. The van der Waals surface area contributed by atoms with E-state index < -0.39 is 0 Å². The largest absolute Gasteiger partial charge is 0.496 e. The van der Waals surface area contributed by atoms with Crippen LogP contribution in [0, 0.1) is 5.41 Å². The highest BCUT2D eigenvalue weighted by molar-refractivity contribution is 5.37. The Morgan fingerprint density at radius 3 is 2.63 bits per heavy atom. The molecule has 1 aromatic carbocycles. The molecule has 0 aromatic heterocycles. The Balaban J connectivity index is 1.71. The molecule has 2 aliphatic rings. The summed E-state index contributed by atoms with van der Waals surface area (Å²) >= 11 is 0. The number of piperidine rings is 1. The number of nitrogens with zero attached hydrogens (tertiary/aromatic N) is 2. The maximum absolute atomic E-state index is 5.87. The Bertz CT molecular complexity index is 602. The summed E-state index contributed by atoms with van der Waals surface area (Å²) in [5.74, 6) is 1.01. The number of hydrogen-bond donors (Lipinski definition) is 0. The van der Waals surface area contributed by atoms with Gasteiger partial charge in [-0.2, -0.15) is 0 Å². The number of rotatable bonds is 8. The summed E-state index contributed by atoms with van der Waals surface area (Å²) in [6.07, 6.45) is 6.97. The third-order valence-corrected chi connectivity index (χ3v) is 6.84. The van der Waals surface area contributed by atoms with Crippen LogP contribution in [0.2, 0.25) is 0 Å². The zero-order valence-corrected chi connectivity index (χ0v) is 17.8. The SMILES string of the molecule is CCN(CC)Cc1cc(CN2CCC[C@]3(CCC[C@H]3OC)C2)ccc1OC. The molecule has 0 unspecified atom stereocenters. The molecule has 0 amide bonds. The molecule has 4 nitrogen and oxygen atoms in total. The summed E-state index contributed by atoms with van der Waals surface area (Å²) in [7, 11) is 3.68. The number of benzene rings is 1. The summed E-state index contributed by atoms with van der Waals surface area (Å²) in [6.45, 7) is 11.0. The van der Waals surface area contributed by atoms with Gasteiger partial charge in [0, 0.05) is 37.7 Å². The molecule has 3 rings (SSSR count). The fourth-order valence-electron chi connectivity index (χ4n) is 5.33. The minimum Gasteiger partial charge on any atom is -0.496 e. The minimum absolute atomic E-state index is 0.392. The summed E-state index contributed by atoms with van der Waals surface area (Å²) in [6, 6.07) is 6.76. The summed E-state index contributed by atoms with van der Waals surface area (Å²) < 4.78 is 11.5. The Kier molecular flexibility index (Phi) is 7.18. The van der Waals surface area contributed by atoms with Crippen molar-refractivity contribution in [3.05, 3.63) is 29.3 Å². The van der Waals surface area contributed by atoms with Crippen molar-refractivity contribution in [1.29, 1.82) is 0 Å². The first-order chi connectivity index (χ1) is 13.1. The smallest absolute Gasteiger partial charge is 0.123 e. The van der Waals surface area contributed by atoms with Gasteiger partial charge < -0.3 is 9.47 Å². The lowest BCUT2D eigenvalue weighted by Crippen LogP contribution is -2.47. The monoisotopic (exact) mass is 374 g/mol. The minimum atomic E-state index is 0.392. The first-order valence-electron chi connectivity index (χ1n) is 10.8. The van der Waals surface area contributed by atoms with E-state index in [1.165, 1.54) is 56.3 Å². The molecule has 1 heterocycles. The van der Waals surface area contributed by atoms with Crippen molar-refractivity contribution in [3.63, 3.8) is 0 Å². The van der Waals surface area contributed by atoms with Crippen molar-refractivity contribution in [2.45, 2.75) is 65.1 Å². The zero-order chi connectivity index (χ0) is 19.3. The van der Waals surface area contributed by atoms with Crippen LogP contribution in [0.5, 0.6) is 5.75 Å². The Hall–Kier alpha value is -1.10. The topological polar surface area (TPSA) is 24.9 Å². The maximum atomic E-state index is 5.87. The van der Waals surface area contributed by atoms with E-state index in [1.54, 1.807) is 7.11 Å². The van der Waals surface area contributed by atoms with Gasteiger partial charge in [-0.15, -0.1) is 0 Å². The molecule has 1 aliphatic carbocycles. The fourth-order valence-corrected chi connectivity index (χ4v) is 5.33. The molecule has 2 fully saturated rings. The van der Waals surface area contributed by atoms with Gasteiger partial charge in [-0.25, -0.2) is 0 Å². The van der Waals surface area contributed by atoms with Crippen LogP contribution in [0.4, 0.5) is 0 Å². The van der Waals surface area contributed by atoms with Crippen molar-refractivity contribution in [3.8, 4) is 5.75 Å². The van der Waals surface area contributed by atoms with Gasteiger partial charge in [-0.1, -0.05) is 26.3 Å². The van der Waals surface area contributed by atoms with Gasteiger partial charge in [0.15, 0.2) is 0 Å². The van der Waals surface area contributed by atoms with Crippen LogP contribution in [0.1, 0.15) is 57.1 Å². The van der Waals surface area contributed by atoms with E-state index >= 15 is 0 Å². The summed E-state index contributed by atoms with van der Waals surface area (Å²) in [4.78, 5) is 5.10. The highest BCUT2D eigenvalue weighted by Gasteiger charge is 2.45. The highest BCUT2D eigenvalue weighted by Crippen LogP contribution is 2.46. The number of ether oxygens (including phenoxy) is 2. The van der Waals surface area contributed by atoms with Gasteiger partial charge in [0.25, 0.3) is 0 Å².